The normalized spacial score (nSPS) is 21.9. The molecular weight excluding hydrogens is 160 g/mol. The number of rotatable bonds is 2. The molecule has 0 bridgehead atoms. The number of sulfone groups is 1. The van der Waals surface area contributed by atoms with Crippen LogP contribution in [0.1, 0.15) is 32.1 Å². The molecule has 0 saturated heterocycles. The molecule has 3 heteroatoms. The first-order chi connectivity index (χ1) is 5.17. The first-order valence-corrected chi connectivity index (χ1v) is 5.89. The third-order valence-corrected chi connectivity index (χ3v) is 4.40. The van der Waals surface area contributed by atoms with Gasteiger partial charge in [0.05, 0.1) is 11.0 Å². The van der Waals surface area contributed by atoms with Gasteiger partial charge in [-0.15, -0.1) is 0 Å². The van der Waals surface area contributed by atoms with Gasteiger partial charge in [-0.2, -0.15) is 0 Å². The standard InChI is InChI=1S/C8H15O2S/c1-2-11(9,10)8-6-4-3-5-7-8/h8H,1-7H2. The Bertz CT molecular complexity index is 200. The van der Waals surface area contributed by atoms with Crippen LogP contribution in [0, 0.1) is 6.92 Å². The SMILES string of the molecule is [CH2]CS(=O)(=O)C1CCCCC1. The van der Waals surface area contributed by atoms with Gasteiger partial charge in [-0.25, -0.2) is 8.42 Å². The van der Waals surface area contributed by atoms with Crippen molar-refractivity contribution in [3.8, 4) is 0 Å². The van der Waals surface area contributed by atoms with Crippen molar-refractivity contribution in [3.63, 3.8) is 0 Å². The van der Waals surface area contributed by atoms with Crippen molar-refractivity contribution in [3.05, 3.63) is 6.92 Å². The predicted molar refractivity (Wildman–Crippen MR) is 46.0 cm³/mol. The van der Waals surface area contributed by atoms with Crippen LogP contribution in [-0.2, 0) is 9.84 Å². The van der Waals surface area contributed by atoms with Crippen LogP contribution in [0.2, 0.25) is 0 Å². The maximum Gasteiger partial charge on any atom is 0.153 e. The molecule has 0 aromatic heterocycles. The second-order valence-electron chi connectivity index (χ2n) is 3.13. The summed E-state index contributed by atoms with van der Waals surface area (Å²) < 4.78 is 22.6. The second kappa shape index (κ2) is 3.57. The van der Waals surface area contributed by atoms with E-state index in [1.165, 1.54) is 6.42 Å². The summed E-state index contributed by atoms with van der Waals surface area (Å²) in [5, 5.41) is -0.0752. The Balaban J connectivity index is 2.58. The molecule has 0 atom stereocenters. The zero-order chi connectivity index (χ0) is 8.32. The summed E-state index contributed by atoms with van der Waals surface area (Å²) in [5.74, 6) is 0.0671. The lowest BCUT2D eigenvalue weighted by atomic mass is 10.0. The van der Waals surface area contributed by atoms with Gasteiger partial charge < -0.3 is 0 Å². The number of hydrogen-bond donors (Lipinski definition) is 0. The summed E-state index contributed by atoms with van der Waals surface area (Å²) in [6.45, 7) is 3.44. The molecule has 1 radical (unpaired) electrons. The van der Waals surface area contributed by atoms with E-state index in [2.05, 4.69) is 6.92 Å². The molecule has 65 valence electrons. The van der Waals surface area contributed by atoms with Crippen LogP contribution >= 0.6 is 0 Å². The highest BCUT2D eigenvalue weighted by atomic mass is 32.2. The van der Waals surface area contributed by atoms with Crippen molar-refractivity contribution in [2.24, 2.45) is 0 Å². The molecule has 0 aliphatic heterocycles. The van der Waals surface area contributed by atoms with Gasteiger partial charge in [-0.05, 0) is 19.8 Å². The third kappa shape index (κ3) is 2.19. The topological polar surface area (TPSA) is 34.1 Å². The molecule has 0 aromatic carbocycles. The Morgan fingerprint density at radius 2 is 1.73 bits per heavy atom. The van der Waals surface area contributed by atoms with Crippen molar-refractivity contribution in [2.75, 3.05) is 5.75 Å². The lowest BCUT2D eigenvalue weighted by molar-refractivity contribution is 0.485. The van der Waals surface area contributed by atoms with Crippen molar-refractivity contribution in [1.29, 1.82) is 0 Å². The van der Waals surface area contributed by atoms with Crippen LogP contribution in [0.3, 0.4) is 0 Å². The molecule has 1 aliphatic rings. The summed E-state index contributed by atoms with van der Waals surface area (Å²) in [6, 6.07) is 0. The predicted octanol–water partition coefficient (Wildman–Crippen LogP) is 1.57. The molecule has 2 nitrogen and oxygen atoms in total. The van der Waals surface area contributed by atoms with Crippen LogP contribution in [0.15, 0.2) is 0 Å². The fraction of sp³-hybridized carbons (Fsp3) is 0.875. The Morgan fingerprint density at radius 3 is 2.18 bits per heavy atom. The Kier molecular flexibility index (Phi) is 2.93. The van der Waals surface area contributed by atoms with E-state index in [4.69, 9.17) is 0 Å². The lowest BCUT2D eigenvalue weighted by Crippen LogP contribution is -2.25. The van der Waals surface area contributed by atoms with Crippen LogP contribution < -0.4 is 0 Å². The molecule has 1 aliphatic carbocycles. The van der Waals surface area contributed by atoms with E-state index in [1.54, 1.807) is 0 Å². The van der Waals surface area contributed by atoms with Crippen LogP contribution in [0.4, 0.5) is 0 Å². The first-order valence-electron chi connectivity index (χ1n) is 4.17. The van der Waals surface area contributed by atoms with Crippen LogP contribution in [-0.4, -0.2) is 19.4 Å². The molecular formula is C8H15O2S. The summed E-state index contributed by atoms with van der Waals surface area (Å²) >= 11 is 0. The molecule has 0 N–H and O–H groups in total. The van der Waals surface area contributed by atoms with Crippen LogP contribution in [0.25, 0.3) is 0 Å². The quantitative estimate of drug-likeness (QED) is 0.638. The van der Waals surface area contributed by atoms with Gasteiger partial charge >= 0.3 is 0 Å². The van der Waals surface area contributed by atoms with E-state index >= 15 is 0 Å². The first kappa shape index (κ1) is 9.04. The van der Waals surface area contributed by atoms with Crippen LogP contribution in [0.5, 0.6) is 0 Å². The van der Waals surface area contributed by atoms with Gasteiger partial charge in [-0.1, -0.05) is 19.3 Å². The van der Waals surface area contributed by atoms with E-state index in [9.17, 15) is 8.42 Å². The fourth-order valence-corrected chi connectivity index (χ4v) is 2.98. The van der Waals surface area contributed by atoms with Gasteiger partial charge in [-0.3, -0.25) is 0 Å². The summed E-state index contributed by atoms with van der Waals surface area (Å²) in [6.07, 6.45) is 5.06. The Hall–Kier alpha value is -0.0500. The van der Waals surface area contributed by atoms with E-state index in [0.717, 1.165) is 25.7 Å². The highest BCUT2D eigenvalue weighted by Gasteiger charge is 2.24. The fourth-order valence-electron chi connectivity index (χ4n) is 1.59. The zero-order valence-corrected chi connectivity index (χ0v) is 7.57. The zero-order valence-electron chi connectivity index (χ0n) is 6.75. The maximum absolute atomic E-state index is 11.3. The van der Waals surface area contributed by atoms with E-state index in [0.29, 0.717) is 0 Å². The Labute approximate surface area is 68.9 Å². The van der Waals surface area contributed by atoms with Crippen molar-refractivity contribution >= 4 is 9.84 Å². The van der Waals surface area contributed by atoms with E-state index in [-0.39, 0.29) is 11.0 Å². The van der Waals surface area contributed by atoms with Crippen molar-refractivity contribution < 1.29 is 8.42 Å². The smallest absolute Gasteiger partial charge is 0.153 e. The molecule has 11 heavy (non-hydrogen) atoms. The van der Waals surface area contributed by atoms with Gasteiger partial charge in [0.25, 0.3) is 0 Å². The van der Waals surface area contributed by atoms with Gasteiger partial charge in [0.15, 0.2) is 9.84 Å². The highest BCUT2D eigenvalue weighted by Crippen LogP contribution is 2.23. The molecule has 0 amide bonds. The minimum atomic E-state index is -2.83. The Morgan fingerprint density at radius 1 is 1.18 bits per heavy atom. The van der Waals surface area contributed by atoms with Gasteiger partial charge in [0.2, 0.25) is 0 Å². The molecule has 1 rings (SSSR count). The van der Waals surface area contributed by atoms with Crippen molar-refractivity contribution in [2.45, 2.75) is 37.4 Å². The van der Waals surface area contributed by atoms with E-state index < -0.39 is 9.84 Å². The third-order valence-electron chi connectivity index (χ3n) is 2.34. The lowest BCUT2D eigenvalue weighted by Gasteiger charge is -2.20. The van der Waals surface area contributed by atoms with Gasteiger partial charge in [0.1, 0.15) is 0 Å². The maximum atomic E-state index is 11.3. The average molecular weight is 175 g/mol. The molecule has 1 saturated carbocycles. The minimum Gasteiger partial charge on any atom is -0.229 e. The average Bonchev–Trinajstić information content (AvgIpc) is 2.06. The highest BCUT2D eigenvalue weighted by molar-refractivity contribution is 7.92. The van der Waals surface area contributed by atoms with Crippen molar-refractivity contribution in [1.82, 2.24) is 0 Å². The monoisotopic (exact) mass is 175 g/mol. The summed E-state index contributed by atoms with van der Waals surface area (Å²) in [7, 11) is -2.83. The second-order valence-corrected chi connectivity index (χ2v) is 5.53. The van der Waals surface area contributed by atoms with Gasteiger partial charge in [0, 0.05) is 0 Å². The largest absolute Gasteiger partial charge is 0.229 e. The molecule has 1 fully saturated rings. The molecule has 0 aromatic rings. The van der Waals surface area contributed by atoms with E-state index in [1.807, 2.05) is 0 Å². The number of hydrogen-bond acceptors (Lipinski definition) is 2. The molecule has 0 spiro atoms. The summed E-state index contributed by atoms with van der Waals surface area (Å²) in [4.78, 5) is 0. The minimum absolute atomic E-state index is 0.0671. The molecule has 0 unspecified atom stereocenters. The molecule has 0 heterocycles. The summed E-state index contributed by atoms with van der Waals surface area (Å²) in [5.41, 5.74) is 0.